The summed E-state index contributed by atoms with van der Waals surface area (Å²) < 4.78 is 10.8. The highest BCUT2D eigenvalue weighted by atomic mass is 16.5. The van der Waals surface area contributed by atoms with E-state index in [2.05, 4.69) is 6.07 Å². The van der Waals surface area contributed by atoms with Crippen LogP contribution in [-0.2, 0) is 6.42 Å². The van der Waals surface area contributed by atoms with E-state index in [9.17, 15) is 4.79 Å². The molecule has 0 saturated carbocycles. The van der Waals surface area contributed by atoms with Gasteiger partial charge in [0.2, 0.25) is 0 Å². The van der Waals surface area contributed by atoms with Crippen LogP contribution < -0.4 is 9.47 Å². The number of benzene rings is 4. The van der Waals surface area contributed by atoms with Gasteiger partial charge in [-0.2, -0.15) is 0 Å². The lowest BCUT2D eigenvalue weighted by atomic mass is 9.85. The van der Waals surface area contributed by atoms with Crippen molar-refractivity contribution in [2.45, 2.75) is 12.3 Å². The van der Waals surface area contributed by atoms with Gasteiger partial charge >= 0.3 is 0 Å². The van der Waals surface area contributed by atoms with Gasteiger partial charge in [0.25, 0.3) is 0 Å². The van der Waals surface area contributed by atoms with E-state index in [1.165, 1.54) is 0 Å². The van der Waals surface area contributed by atoms with Crippen LogP contribution >= 0.6 is 0 Å². The fraction of sp³-hybridized carbons (Fsp3) is 0.148. The Morgan fingerprint density at radius 3 is 2.20 bits per heavy atom. The Morgan fingerprint density at radius 1 is 0.733 bits per heavy atom. The molecule has 0 fully saturated rings. The number of fused-ring (bicyclic) bond motifs is 1. The zero-order valence-electron chi connectivity index (χ0n) is 17.2. The van der Waals surface area contributed by atoms with Crippen LogP contribution in [0, 0.1) is 0 Å². The lowest BCUT2D eigenvalue weighted by Gasteiger charge is -2.18. The molecule has 1 atom stereocenters. The summed E-state index contributed by atoms with van der Waals surface area (Å²) in [6.07, 6.45) is 0.579. The fourth-order valence-corrected chi connectivity index (χ4v) is 3.80. The van der Waals surface area contributed by atoms with Gasteiger partial charge in [-0.25, -0.2) is 0 Å². The maximum atomic E-state index is 13.7. The van der Waals surface area contributed by atoms with Crippen LogP contribution in [-0.4, -0.2) is 20.0 Å². The third-order valence-corrected chi connectivity index (χ3v) is 5.42. The molecule has 0 radical (unpaired) electrons. The first kappa shape index (κ1) is 19.7. The molecule has 0 N–H and O–H groups in total. The highest BCUT2D eigenvalue weighted by Gasteiger charge is 2.23. The van der Waals surface area contributed by atoms with Gasteiger partial charge < -0.3 is 9.47 Å². The van der Waals surface area contributed by atoms with E-state index >= 15 is 0 Å². The number of carbonyl (C=O) groups is 1. The van der Waals surface area contributed by atoms with Crippen LogP contribution in [0.5, 0.6) is 11.5 Å². The summed E-state index contributed by atoms with van der Waals surface area (Å²) in [7, 11) is 3.29. The number of carbonyl (C=O) groups excluding carboxylic acids is 1. The normalized spacial score (nSPS) is 11.8. The highest BCUT2D eigenvalue weighted by Crippen LogP contribution is 2.30. The first-order chi connectivity index (χ1) is 14.7. The second-order valence-electron chi connectivity index (χ2n) is 7.31. The Balaban J connectivity index is 1.75. The SMILES string of the molecule is COc1cccc(CC(C(=O)c2ccc3ccccc3c2)c2cccc(OC)c2)c1. The van der Waals surface area contributed by atoms with Crippen molar-refractivity contribution in [3.05, 3.63) is 108 Å². The van der Waals surface area contributed by atoms with E-state index in [1.807, 2.05) is 84.9 Å². The second kappa shape index (κ2) is 8.83. The molecule has 0 bridgehead atoms. The van der Waals surface area contributed by atoms with Crippen LogP contribution in [0.15, 0.2) is 91.0 Å². The molecule has 4 rings (SSSR count). The molecule has 150 valence electrons. The van der Waals surface area contributed by atoms with Gasteiger partial charge in [0, 0.05) is 5.56 Å². The van der Waals surface area contributed by atoms with Crippen LogP contribution in [0.1, 0.15) is 27.4 Å². The van der Waals surface area contributed by atoms with Crippen molar-refractivity contribution in [2.24, 2.45) is 0 Å². The number of methoxy groups -OCH3 is 2. The molecule has 0 spiro atoms. The van der Waals surface area contributed by atoms with Crippen LogP contribution in [0.2, 0.25) is 0 Å². The van der Waals surface area contributed by atoms with Gasteiger partial charge in [-0.05, 0) is 58.7 Å². The van der Waals surface area contributed by atoms with E-state index in [4.69, 9.17) is 9.47 Å². The van der Waals surface area contributed by atoms with Crippen molar-refractivity contribution >= 4 is 16.6 Å². The summed E-state index contributed by atoms with van der Waals surface area (Å²) in [5.41, 5.74) is 2.70. The third kappa shape index (κ3) is 4.20. The molecule has 3 nitrogen and oxygen atoms in total. The number of hydrogen-bond donors (Lipinski definition) is 0. The van der Waals surface area contributed by atoms with Gasteiger partial charge in [-0.1, -0.05) is 60.7 Å². The van der Waals surface area contributed by atoms with Crippen LogP contribution in [0.3, 0.4) is 0 Å². The third-order valence-electron chi connectivity index (χ3n) is 5.42. The molecule has 30 heavy (non-hydrogen) atoms. The predicted octanol–water partition coefficient (Wildman–Crippen LogP) is 6.07. The Labute approximate surface area is 176 Å². The summed E-state index contributed by atoms with van der Waals surface area (Å²) in [5, 5.41) is 2.19. The van der Waals surface area contributed by atoms with Crippen molar-refractivity contribution in [2.75, 3.05) is 14.2 Å². The number of Topliss-reactive ketones (excluding diaryl/α,β-unsaturated/α-hetero) is 1. The summed E-state index contributed by atoms with van der Waals surface area (Å²) in [5.74, 6) is 1.30. The number of ether oxygens (including phenoxy) is 2. The molecule has 1 unspecified atom stereocenters. The lowest BCUT2D eigenvalue weighted by Crippen LogP contribution is -2.16. The second-order valence-corrected chi connectivity index (χ2v) is 7.31. The molecule has 4 aromatic carbocycles. The maximum Gasteiger partial charge on any atom is 0.170 e. The Kier molecular flexibility index (Phi) is 5.80. The average Bonchev–Trinajstić information content (AvgIpc) is 2.82. The topological polar surface area (TPSA) is 35.5 Å². The zero-order valence-corrected chi connectivity index (χ0v) is 17.2. The summed E-state index contributed by atoms with van der Waals surface area (Å²) in [6.45, 7) is 0. The monoisotopic (exact) mass is 396 g/mol. The molecule has 4 aromatic rings. The molecule has 0 aliphatic rings. The highest BCUT2D eigenvalue weighted by molar-refractivity contribution is 6.04. The van der Waals surface area contributed by atoms with E-state index in [-0.39, 0.29) is 11.7 Å². The minimum absolute atomic E-state index is 0.0943. The predicted molar refractivity (Wildman–Crippen MR) is 121 cm³/mol. The molecule has 0 amide bonds. The standard InChI is InChI=1S/C27H24O3/c1-29-24-11-5-7-19(15-24)16-26(22-10-6-12-25(18-22)30-2)27(28)23-14-13-20-8-3-4-9-21(20)17-23/h3-15,17-18,26H,16H2,1-2H3. The number of rotatable bonds is 7. The van der Waals surface area contributed by atoms with Gasteiger partial charge in [-0.15, -0.1) is 0 Å². The molecule has 0 heterocycles. The van der Waals surface area contributed by atoms with Crippen molar-refractivity contribution in [3.63, 3.8) is 0 Å². The van der Waals surface area contributed by atoms with Crippen LogP contribution in [0.25, 0.3) is 10.8 Å². The molecule has 0 saturated heterocycles. The van der Waals surface area contributed by atoms with Gasteiger partial charge in [0.05, 0.1) is 20.1 Å². The van der Waals surface area contributed by atoms with Crippen molar-refractivity contribution in [1.82, 2.24) is 0 Å². The van der Waals surface area contributed by atoms with Crippen molar-refractivity contribution < 1.29 is 14.3 Å². The minimum atomic E-state index is -0.326. The minimum Gasteiger partial charge on any atom is -0.497 e. The smallest absolute Gasteiger partial charge is 0.170 e. The van der Waals surface area contributed by atoms with E-state index in [0.717, 1.165) is 33.4 Å². The van der Waals surface area contributed by atoms with Gasteiger partial charge in [-0.3, -0.25) is 4.79 Å². The Bertz CT molecular complexity index is 1180. The molecule has 0 aliphatic carbocycles. The molecule has 0 aromatic heterocycles. The van der Waals surface area contributed by atoms with E-state index in [1.54, 1.807) is 14.2 Å². The van der Waals surface area contributed by atoms with Crippen LogP contribution in [0.4, 0.5) is 0 Å². The first-order valence-electron chi connectivity index (χ1n) is 9.98. The molecule has 3 heteroatoms. The quantitative estimate of drug-likeness (QED) is 0.356. The van der Waals surface area contributed by atoms with Gasteiger partial charge in [0.15, 0.2) is 5.78 Å². The summed E-state index contributed by atoms with van der Waals surface area (Å²) in [6, 6.07) is 29.7. The maximum absolute atomic E-state index is 13.7. The van der Waals surface area contributed by atoms with Crippen molar-refractivity contribution in [1.29, 1.82) is 0 Å². The molecular formula is C27H24O3. The first-order valence-corrected chi connectivity index (χ1v) is 9.98. The Morgan fingerprint density at radius 2 is 1.43 bits per heavy atom. The average molecular weight is 396 g/mol. The fourth-order valence-electron chi connectivity index (χ4n) is 3.80. The van der Waals surface area contributed by atoms with Crippen molar-refractivity contribution in [3.8, 4) is 11.5 Å². The largest absolute Gasteiger partial charge is 0.497 e. The molecular weight excluding hydrogens is 372 g/mol. The summed E-state index contributed by atoms with van der Waals surface area (Å²) in [4.78, 5) is 13.7. The van der Waals surface area contributed by atoms with Gasteiger partial charge in [0.1, 0.15) is 11.5 Å². The summed E-state index contributed by atoms with van der Waals surface area (Å²) >= 11 is 0. The van der Waals surface area contributed by atoms with E-state index < -0.39 is 0 Å². The lowest BCUT2D eigenvalue weighted by molar-refractivity contribution is 0.0959. The molecule has 0 aliphatic heterocycles. The zero-order chi connectivity index (χ0) is 20.9. The van der Waals surface area contributed by atoms with E-state index in [0.29, 0.717) is 12.0 Å². The number of ketones is 1. The number of hydrogen-bond acceptors (Lipinski definition) is 3. The Hall–Kier alpha value is -3.59.